The molecule has 1 aromatic rings. The van der Waals surface area contributed by atoms with Crippen molar-refractivity contribution in [2.24, 2.45) is 0 Å². The maximum atomic E-state index is 12.0. The van der Waals surface area contributed by atoms with E-state index in [4.69, 9.17) is 9.47 Å². The zero-order valence-corrected chi connectivity index (χ0v) is 12.2. The number of carbonyl (C=O) groups excluding carboxylic acids is 2. The minimum atomic E-state index is -0.479. The Balaban J connectivity index is 2.69. The summed E-state index contributed by atoms with van der Waals surface area (Å²) in [5.74, 6) is -0.946. The first kappa shape index (κ1) is 16.2. The lowest BCUT2D eigenvalue weighted by atomic mass is 10.1. The summed E-state index contributed by atoms with van der Waals surface area (Å²) in [6, 6.07) is 6.58. The molecule has 20 heavy (non-hydrogen) atoms. The van der Waals surface area contributed by atoms with E-state index in [9.17, 15) is 9.59 Å². The van der Waals surface area contributed by atoms with Crippen molar-refractivity contribution in [2.75, 3.05) is 13.2 Å². The highest BCUT2D eigenvalue weighted by atomic mass is 16.5. The highest BCUT2D eigenvalue weighted by Gasteiger charge is 2.18. The van der Waals surface area contributed by atoms with Crippen LogP contribution in [0.25, 0.3) is 0 Å². The second-order valence-corrected chi connectivity index (χ2v) is 4.52. The Kier molecular flexibility index (Phi) is 7.40. The van der Waals surface area contributed by atoms with E-state index in [1.54, 1.807) is 24.3 Å². The van der Waals surface area contributed by atoms with E-state index in [1.165, 1.54) is 0 Å². The fraction of sp³-hybridized carbons (Fsp3) is 0.500. The van der Waals surface area contributed by atoms with Gasteiger partial charge in [0.2, 0.25) is 0 Å². The second kappa shape index (κ2) is 9.13. The van der Waals surface area contributed by atoms with Gasteiger partial charge in [-0.3, -0.25) is 0 Å². The third-order valence-electron chi connectivity index (χ3n) is 2.79. The van der Waals surface area contributed by atoms with E-state index >= 15 is 0 Å². The minimum Gasteiger partial charge on any atom is -0.462 e. The molecule has 0 radical (unpaired) electrons. The molecule has 0 atom stereocenters. The fourth-order valence-electron chi connectivity index (χ4n) is 1.71. The van der Waals surface area contributed by atoms with Gasteiger partial charge in [0.05, 0.1) is 24.3 Å². The fourth-order valence-corrected chi connectivity index (χ4v) is 1.71. The second-order valence-electron chi connectivity index (χ2n) is 4.52. The van der Waals surface area contributed by atoms with Gasteiger partial charge in [-0.2, -0.15) is 0 Å². The Morgan fingerprint density at radius 2 is 1.40 bits per heavy atom. The summed E-state index contributed by atoms with van der Waals surface area (Å²) >= 11 is 0. The van der Waals surface area contributed by atoms with Crippen LogP contribution in [0.1, 0.15) is 60.2 Å². The molecular weight excluding hydrogens is 256 g/mol. The van der Waals surface area contributed by atoms with Crippen LogP contribution in [-0.2, 0) is 9.47 Å². The molecule has 0 spiro atoms. The number of esters is 2. The Hall–Kier alpha value is -1.84. The van der Waals surface area contributed by atoms with Crippen molar-refractivity contribution in [1.82, 2.24) is 0 Å². The summed E-state index contributed by atoms with van der Waals surface area (Å²) in [4.78, 5) is 23.9. The van der Waals surface area contributed by atoms with Crippen molar-refractivity contribution in [1.29, 1.82) is 0 Å². The molecule has 0 bridgehead atoms. The van der Waals surface area contributed by atoms with Crippen LogP contribution in [0.5, 0.6) is 0 Å². The third kappa shape index (κ3) is 5.03. The monoisotopic (exact) mass is 278 g/mol. The molecule has 0 saturated carbocycles. The Morgan fingerprint density at radius 3 is 1.90 bits per heavy atom. The smallest absolute Gasteiger partial charge is 0.339 e. The van der Waals surface area contributed by atoms with Gasteiger partial charge in [0.15, 0.2) is 0 Å². The summed E-state index contributed by atoms with van der Waals surface area (Å²) in [6.45, 7) is 4.73. The molecule has 0 saturated heterocycles. The maximum absolute atomic E-state index is 12.0. The van der Waals surface area contributed by atoms with Crippen LogP contribution < -0.4 is 0 Å². The van der Waals surface area contributed by atoms with Gasteiger partial charge in [-0.05, 0) is 25.0 Å². The van der Waals surface area contributed by atoms with Gasteiger partial charge in [0.1, 0.15) is 0 Å². The summed E-state index contributed by atoms with van der Waals surface area (Å²) in [5.41, 5.74) is 0.534. The van der Waals surface area contributed by atoms with Crippen LogP contribution >= 0.6 is 0 Å². The maximum Gasteiger partial charge on any atom is 0.339 e. The number of rotatable bonds is 8. The predicted octanol–water partition coefficient (Wildman–Crippen LogP) is 3.60. The Labute approximate surface area is 120 Å². The number of hydrogen-bond donors (Lipinski definition) is 0. The van der Waals surface area contributed by atoms with E-state index in [-0.39, 0.29) is 11.1 Å². The number of benzene rings is 1. The van der Waals surface area contributed by atoms with E-state index in [0.717, 1.165) is 25.7 Å². The third-order valence-corrected chi connectivity index (χ3v) is 2.79. The highest BCUT2D eigenvalue weighted by Crippen LogP contribution is 2.12. The summed E-state index contributed by atoms with van der Waals surface area (Å²) in [7, 11) is 0. The molecule has 0 unspecified atom stereocenters. The standard InChI is InChI=1S/C16H22O4/c1-3-5-8-12-20-16(18)14-10-7-6-9-13(14)15(17)19-11-4-2/h6-7,9-10H,3-5,8,11-12H2,1-2H3. The summed E-state index contributed by atoms with van der Waals surface area (Å²) < 4.78 is 10.2. The topological polar surface area (TPSA) is 52.6 Å². The average molecular weight is 278 g/mol. The number of carbonyl (C=O) groups is 2. The molecule has 4 nitrogen and oxygen atoms in total. The van der Waals surface area contributed by atoms with Gasteiger partial charge in [-0.25, -0.2) is 9.59 Å². The quantitative estimate of drug-likeness (QED) is 0.538. The minimum absolute atomic E-state index is 0.265. The molecule has 0 aliphatic rings. The first-order valence-electron chi connectivity index (χ1n) is 7.14. The van der Waals surface area contributed by atoms with E-state index < -0.39 is 11.9 Å². The van der Waals surface area contributed by atoms with E-state index in [1.807, 2.05) is 6.92 Å². The van der Waals surface area contributed by atoms with Crippen molar-refractivity contribution in [3.05, 3.63) is 35.4 Å². The molecule has 4 heteroatoms. The van der Waals surface area contributed by atoms with Crippen LogP contribution in [0.2, 0.25) is 0 Å². The van der Waals surface area contributed by atoms with Gasteiger partial charge in [-0.15, -0.1) is 0 Å². The largest absolute Gasteiger partial charge is 0.462 e. The average Bonchev–Trinajstić information content (AvgIpc) is 2.49. The molecule has 0 aliphatic heterocycles. The molecule has 0 aromatic heterocycles. The van der Waals surface area contributed by atoms with Crippen LogP contribution in [0.15, 0.2) is 24.3 Å². The molecule has 0 amide bonds. The number of ether oxygens (including phenoxy) is 2. The molecule has 1 rings (SSSR count). The lowest BCUT2D eigenvalue weighted by Gasteiger charge is -2.09. The summed E-state index contributed by atoms with van der Waals surface area (Å²) in [5, 5.41) is 0. The van der Waals surface area contributed by atoms with Crippen LogP contribution in [0, 0.1) is 0 Å². The molecule has 0 heterocycles. The van der Waals surface area contributed by atoms with Gasteiger partial charge in [-0.1, -0.05) is 38.8 Å². The van der Waals surface area contributed by atoms with Crippen molar-refractivity contribution >= 4 is 11.9 Å². The zero-order chi connectivity index (χ0) is 14.8. The van der Waals surface area contributed by atoms with Crippen molar-refractivity contribution in [3.8, 4) is 0 Å². The SMILES string of the molecule is CCCCCOC(=O)c1ccccc1C(=O)OCCC. The number of unbranched alkanes of at least 4 members (excludes halogenated alkanes) is 2. The molecule has 110 valence electrons. The van der Waals surface area contributed by atoms with Crippen molar-refractivity contribution in [3.63, 3.8) is 0 Å². The van der Waals surface area contributed by atoms with Crippen LogP contribution in [-0.4, -0.2) is 25.2 Å². The van der Waals surface area contributed by atoms with Gasteiger partial charge in [0, 0.05) is 0 Å². The Morgan fingerprint density at radius 1 is 0.850 bits per heavy atom. The summed E-state index contributed by atoms with van der Waals surface area (Å²) in [6.07, 6.45) is 3.67. The Bertz CT molecular complexity index is 440. The van der Waals surface area contributed by atoms with Gasteiger partial charge in [0.25, 0.3) is 0 Å². The molecule has 0 N–H and O–H groups in total. The van der Waals surface area contributed by atoms with Crippen LogP contribution in [0.4, 0.5) is 0 Å². The molecule has 0 fully saturated rings. The number of hydrogen-bond acceptors (Lipinski definition) is 4. The zero-order valence-electron chi connectivity index (χ0n) is 12.2. The first-order valence-corrected chi connectivity index (χ1v) is 7.14. The highest BCUT2D eigenvalue weighted by molar-refractivity contribution is 6.03. The first-order chi connectivity index (χ1) is 9.70. The lowest BCUT2D eigenvalue weighted by Crippen LogP contribution is -2.14. The van der Waals surface area contributed by atoms with E-state index in [0.29, 0.717) is 13.2 Å². The molecule has 0 aliphatic carbocycles. The predicted molar refractivity (Wildman–Crippen MR) is 76.8 cm³/mol. The van der Waals surface area contributed by atoms with Crippen molar-refractivity contribution in [2.45, 2.75) is 39.5 Å². The molecule has 1 aromatic carbocycles. The van der Waals surface area contributed by atoms with E-state index in [2.05, 4.69) is 6.92 Å². The lowest BCUT2D eigenvalue weighted by molar-refractivity contribution is 0.0454. The van der Waals surface area contributed by atoms with Crippen molar-refractivity contribution < 1.29 is 19.1 Å². The van der Waals surface area contributed by atoms with Crippen LogP contribution in [0.3, 0.4) is 0 Å². The molecular formula is C16H22O4. The van der Waals surface area contributed by atoms with Gasteiger partial charge >= 0.3 is 11.9 Å². The van der Waals surface area contributed by atoms with Gasteiger partial charge < -0.3 is 9.47 Å². The normalized spacial score (nSPS) is 10.1.